The molecule has 5 rings (SSSR count). The van der Waals surface area contributed by atoms with Crippen LogP contribution in [0.2, 0.25) is 0 Å². The SMILES string of the molecule is COc1cccc([C@@H]2C(=C(O)c3c(C)nc4ccccn34)C(=O)C(=O)N2CCCN2CCOCC2)c1OC. The van der Waals surface area contributed by atoms with E-state index in [9.17, 15) is 14.7 Å². The van der Waals surface area contributed by atoms with E-state index >= 15 is 0 Å². The zero-order chi connectivity index (χ0) is 26.8. The van der Waals surface area contributed by atoms with Crippen molar-refractivity contribution in [3.8, 4) is 11.5 Å². The van der Waals surface area contributed by atoms with Gasteiger partial charge in [-0.2, -0.15) is 0 Å². The summed E-state index contributed by atoms with van der Waals surface area (Å²) in [4.78, 5) is 35.4. The molecule has 10 heteroatoms. The Bertz CT molecular complexity index is 1390. The van der Waals surface area contributed by atoms with Crippen molar-refractivity contribution < 1.29 is 28.9 Å². The van der Waals surface area contributed by atoms with Crippen molar-refractivity contribution >= 4 is 23.1 Å². The molecule has 0 saturated carbocycles. The van der Waals surface area contributed by atoms with Gasteiger partial charge in [-0.25, -0.2) is 4.98 Å². The van der Waals surface area contributed by atoms with E-state index in [0.717, 1.165) is 19.6 Å². The van der Waals surface area contributed by atoms with Crippen molar-refractivity contribution in [2.24, 2.45) is 0 Å². The number of para-hydroxylation sites is 1. The topological polar surface area (TPSA) is 106 Å². The maximum Gasteiger partial charge on any atom is 0.295 e. The monoisotopic (exact) mass is 520 g/mol. The maximum atomic E-state index is 13.6. The fraction of sp³-hybridized carbons (Fsp3) is 0.393. The number of aliphatic hydroxyl groups excluding tert-OH is 1. The standard InChI is InChI=1S/C28H32N4O6/c1-18-23(31-12-5-4-10-21(31)29-18)25(33)22-24(19-8-6-9-20(36-2)27(19)37-3)32(28(35)26(22)34)13-7-11-30-14-16-38-17-15-30/h4-6,8-10,12,24,33H,7,11,13-17H2,1-3H3/t24-/m1/s1. The molecule has 0 spiro atoms. The van der Waals surface area contributed by atoms with E-state index in [1.165, 1.54) is 19.1 Å². The summed E-state index contributed by atoms with van der Waals surface area (Å²) in [6.45, 7) is 5.89. The number of aromatic nitrogens is 2. The average Bonchev–Trinajstić information content (AvgIpc) is 3.41. The van der Waals surface area contributed by atoms with Crippen molar-refractivity contribution in [2.45, 2.75) is 19.4 Å². The Labute approximate surface area is 221 Å². The number of ether oxygens (including phenoxy) is 3. The van der Waals surface area contributed by atoms with E-state index < -0.39 is 17.7 Å². The highest BCUT2D eigenvalue weighted by atomic mass is 16.5. The second kappa shape index (κ2) is 10.8. The molecule has 200 valence electrons. The first-order chi connectivity index (χ1) is 18.5. The first kappa shape index (κ1) is 25.7. The maximum absolute atomic E-state index is 13.6. The average molecular weight is 521 g/mol. The summed E-state index contributed by atoms with van der Waals surface area (Å²) in [5.74, 6) is -0.801. The molecule has 10 nitrogen and oxygen atoms in total. The van der Waals surface area contributed by atoms with Crippen LogP contribution in [0.1, 0.15) is 29.4 Å². The number of hydrogen-bond acceptors (Lipinski definition) is 8. The second-order valence-corrected chi connectivity index (χ2v) is 9.36. The van der Waals surface area contributed by atoms with Gasteiger partial charge in [0.05, 0.1) is 44.7 Å². The van der Waals surface area contributed by atoms with Crippen LogP contribution in [0.3, 0.4) is 0 Å². The van der Waals surface area contributed by atoms with E-state index in [1.54, 1.807) is 35.7 Å². The van der Waals surface area contributed by atoms with E-state index in [1.807, 2.05) is 18.2 Å². The molecule has 1 aromatic carbocycles. The molecule has 2 aliphatic rings. The summed E-state index contributed by atoms with van der Waals surface area (Å²) in [7, 11) is 3.04. The number of ketones is 1. The number of imidazole rings is 1. The van der Waals surface area contributed by atoms with E-state index in [4.69, 9.17) is 14.2 Å². The highest BCUT2D eigenvalue weighted by Crippen LogP contribution is 2.45. The number of Topliss-reactive ketones (excluding diaryl/α,β-unsaturated/α-hetero) is 1. The van der Waals surface area contributed by atoms with Crippen LogP contribution in [0.15, 0.2) is 48.2 Å². The summed E-state index contributed by atoms with van der Waals surface area (Å²) in [5.41, 5.74) is 2.11. The van der Waals surface area contributed by atoms with Crippen LogP contribution < -0.4 is 9.47 Å². The molecule has 0 aliphatic carbocycles. The van der Waals surface area contributed by atoms with Gasteiger partial charge < -0.3 is 24.2 Å². The predicted octanol–water partition coefficient (Wildman–Crippen LogP) is 2.80. The van der Waals surface area contributed by atoms with Gasteiger partial charge in [-0.15, -0.1) is 0 Å². The largest absolute Gasteiger partial charge is 0.505 e. The van der Waals surface area contributed by atoms with Gasteiger partial charge >= 0.3 is 0 Å². The fourth-order valence-corrected chi connectivity index (χ4v) is 5.38. The number of hydrogen-bond donors (Lipinski definition) is 1. The number of methoxy groups -OCH3 is 2. The molecule has 0 radical (unpaired) electrons. The fourth-order valence-electron chi connectivity index (χ4n) is 5.38. The van der Waals surface area contributed by atoms with Gasteiger partial charge in [-0.3, -0.25) is 18.9 Å². The summed E-state index contributed by atoms with van der Waals surface area (Å²) in [6.07, 6.45) is 2.43. The van der Waals surface area contributed by atoms with Crippen LogP contribution in [-0.4, -0.2) is 89.6 Å². The lowest BCUT2D eigenvalue weighted by molar-refractivity contribution is -0.140. The molecule has 2 aliphatic heterocycles. The first-order valence-corrected chi connectivity index (χ1v) is 12.7. The van der Waals surface area contributed by atoms with Crippen LogP contribution in [0.5, 0.6) is 11.5 Å². The first-order valence-electron chi connectivity index (χ1n) is 12.7. The van der Waals surface area contributed by atoms with Crippen LogP contribution >= 0.6 is 0 Å². The molecule has 0 bridgehead atoms. The number of likely N-dealkylation sites (tertiary alicyclic amines) is 1. The third kappa shape index (κ3) is 4.50. The van der Waals surface area contributed by atoms with Crippen molar-refractivity contribution in [3.63, 3.8) is 0 Å². The minimum Gasteiger partial charge on any atom is -0.505 e. The molecular formula is C28H32N4O6. The molecule has 3 aromatic rings. The van der Waals surface area contributed by atoms with Crippen LogP contribution in [0.4, 0.5) is 0 Å². The van der Waals surface area contributed by atoms with Crippen LogP contribution in [-0.2, 0) is 14.3 Å². The highest BCUT2D eigenvalue weighted by Gasteiger charge is 2.47. The van der Waals surface area contributed by atoms with Gasteiger partial charge in [-0.1, -0.05) is 18.2 Å². The molecule has 1 amide bonds. The summed E-state index contributed by atoms with van der Waals surface area (Å²) >= 11 is 0. The number of morpholine rings is 1. The Morgan fingerprint density at radius 3 is 2.61 bits per heavy atom. The van der Waals surface area contributed by atoms with Gasteiger partial charge in [0.15, 0.2) is 17.3 Å². The molecule has 1 atom stereocenters. The van der Waals surface area contributed by atoms with Crippen LogP contribution in [0.25, 0.3) is 11.4 Å². The summed E-state index contributed by atoms with van der Waals surface area (Å²) < 4.78 is 18.3. The molecule has 2 aromatic heterocycles. The number of amides is 1. The number of nitrogens with zero attached hydrogens (tertiary/aromatic N) is 4. The van der Waals surface area contributed by atoms with E-state index in [2.05, 4.69) is 9.88 Å². The number of benzene rings is 1. The zero-order valence-electron chi connectivity index (χ0n) is 21.8. The number of rotatable bonds is 8. The minimum absolute atomic E-state index is 0.00155. The van der Waals surface area contributed by atoms with Crippen molar-refractivity contribution in [1.82, 2.24) is 19.2 Å². The third-order valence-electron chi connectivity index (χ3n) is 7.17. The minimum atomic E-state index is -0.863. The smallest absolute Gasteiger partial charge is 0.295 e. The Hall–Kier alpha value is -3.89. The van der Waals surface area contributed by atoms with Crippen molar-refractivity contribution in [2.75, 3.05) is 53.6 Å². The molecule has 4 heterocycles. The lowest BCUT2D eigenvalue weighted by atomic mass is 9.95. The van der Waals surface area contributed by atoms with E-state index in [-0.39, 0.29) is 11.3 Å². The molecular weight excluding hydrogens is 488 g/mol. The molecule has 0 unspecified atom stereocenters. The van der Waals surface area contributed by atoms with Gasteiger partial charge in [-0.05, 0) is 31.5 Å². The normalized spacial score (nSPS) is 19.9. The number of aryl methyl sites for hydroxylation is 1. The Morgan fingerprint density at radius 2 is 1.87 bits per heavy atom. The number of fused-ring (bicyclic) bond motifs is 1. The third-order valence-corrected chi connectivity index (χ3v) is 7.17. The number of aliphatic hydroxyl groups is 1. The Kier molecular flexibility index (Phi) is 7.35. The van der Waals surface area contributed by atoms with Crippen molar-refractivity contribution in [3.05, 3.63) is 65.1 Å². The summed E-state index contributed by atoms with van der Waals surface area (Å²) in [6, 6.07) is 9.94. The zero-order valence-corrected chi connectivity index (χ0v) is 21.8. The Morgan fingerprint density at radius 1 is 1.08 bits per heavy atom. The number of pyridine rings is 1. The lowest BCUT2D eigenvalue weighted by Crippen LogP contribution is -2.39. The lowest BCUT2D eigenvalue weighted by Gasteiger charge is -2.29. The predicted molar refractivity (Wildman–Crippen MR) is 140 cm³/mol. The molecule has 38 heavy (non-hydrogen) atoms. The number of carbonyl (C=O) groups is 2. The molecule has 2 saturated heterocycles. The second-order valence-electron chi connectivity index (χ2n) is 9.36. The summed E-state index contributed by atoms with van der Waals surface area (Å²) in [5, 5.41) is 11.7. The highest BCUT2D eigenvalue weighted by molar-refractivity contribution is 6.46. The Balaban J connectivity index is 1.61. The molecule has 1 N–H and O–H groups in total. The quantitative estimate of drug-likeness (QED) is 0.275. The van der Waals surface area contributed by atoms with E-state index in [0.29, 0.717) is 60.3 Å². The van der Waals surface area contributed by atoms with Gasteiger partial charge in [0.1, 0.15) is 11.3 Å². The number of carbonyl (C=O) groups excluding carboxylic acids is 2. The van der Waals surface area contributed by atoms with Crippen molar-refractivity contribution in [1.29, 1.82) is 0 Å². The van der Waals surface area contributed by atoms with Gasteiger partial charge in [0.2, 0.25) is 0 Å². The van der Waals surface area contributed by atoms with Gasteiger partial charge in [0.25, 0.3) is 11.7 Å². The van der Waals surface area contributed by atoms with Gasteiger partial charge in [0, 0.05) is 37.9 Å². The molecule has 2 fully saturated rings. The van der Waals surface area contributed by atoms with Crippen LogP contribution in [0, 0.1) is 6.92 Å².